The lowest BCUT2D eigenvalue weighted by Crippen LogP contribution is -2.10. The third-order valence-corrected chi connectivity index (χ3v) is 3.55. The molecule has 0 radical (unpaired) electrons. The van der Waals surface area contributed by atoms with Crippen molar-refractivity contribution in [1.29, 1.82) is 0 Å². The van der Waals surface area contributed by atoms with Gasteiger partial charge < -0.3 is 15.4 Å². The van der Waals surface area contributed by atoms with E-state index >= 15 is 0 Å². The number of hydrogen-bond donors (Lipinski definition) is 2. The number of fused-ring (bicyclic) bond motifs is 1. The molecular formula is C15H12ClN3O2. The minimum Gasteiger partial charge on any atom is -0.480 e. The predicted molar refractivity (Wildman–Crippen MR) is 82.2 cm³/mol. The van der Waals surface area contributed by atoms with Crippen LogP contribution in [0.3, 0.4) is 0 Å². The third-order valence-electron chi connectivity index (χ3n) is 3.22. The molecule has 0 amide bonds. The zero-order chi connectivity index (χ0) is 15.0. The van der Waals surface area contributed by atoms with Gasteiger partial charge in [0, 0.05) is 5.56 Å². The second-order valence-corrected chi connectivity index (χ2v) is 5.02. The number of benzene rings is 2. The summed E-state index contributed by atoms with van der Waals surface area (Å²) in [6.45, 7) is -0.208. The normalized spacial score (nSPS) is 10.9. The quantitative estimate of drug-likeness (QED) is 0.729. The van der Waals surface area contributed by atoms with Gasteiger partial charge in [0.05, 0.1) is 16.2 Å². The average Bonchev–Trinajstić information content (AvgIpc) is 2.79. The second kappa shape index (κ2) is 5.10. The zero-order valence-corrected chi connectivity index (χ0v) is 11.7. The standard InChI is InChI=1S/C15H12ClN3O2/c16-10-5-2-1-4-9(10)15-18-14-11(17)6-3-7-12(14)19(15)8-13(20)21/h1-7H,8,17H2,(H,20,21). The monoisotopic (exact) mass is 301 g/mol. The number of para-hydroxylation sites is 1. The maximum absolute atomic E-state index is 11.2. The summed E-state index contributed by atoms with van der Waals surface area (Å²) in [4.78, 5) is 15.6. The molecule has 3 N–H and O–H groups in total. The van der Waals surface area contributed by atoms with E-state index in [-0.39, 0.29) is 6.54 Å². The molecule has 3 rings (SSSR count). The Morgan fingerprint density at radius 1 is 1.24 bits per heavy atom. The maximum Gasteiger partial charge on any atom is 0.323 e. The summed E-state index contributed by atoms with van der Waals surface area (Å²) in [5.74, 6) is -0.457. The lowest BCUT2D eigenvalue weighted by atomic mass is 10.2. The van der Waals surface area contributed by atoms with Gasteiger partial charge in [0.2, 0.25) is 0 Å². The number of hydrogen-bond acceptors (Lipinski definition) is 3. The summed E-state index contributed by atoms with van der Waals surface area (Å²) < 4.78 is 1.61. The number of nitrogens with two attached hydrogens (primary N) is 1. The van der Waals surface area contributed by atoms with Gasteiger partial charge in [-0.1, -0.05) is 29.8 Å². The van der Waals surface area contributed by atoms with Crippen LogP contribution in [-0.2, 0) is 11.3 Å². The highest BCUT2D eigenvalue weighted by molar-refractivity contribution is 6.33. The van der Waals surface area contributed by atoms with Crippen molar-refractivity contribution in [2.24, 2.45) is 0 Å². The number of aromatic nitrogens is 2. The molecule has 0 unspecified atom stereocenters. The van der Waals surface area contributed by atoms with Gasteiger partial charge in [-0.3, -0.25) is 4.79 Å². The number of carboxylic acids is 1. The lowest BCUT2D eigenvalue weighted by molar-refractivity contribution is -0.137. The maximum atomic E-state index is 11.2. The number of carbonyl (C=O) groups is 1. The summed E-state index contributed by atoms with van der Waals surface area (Å²) >= 11 is 6.20. The highest BCUT2D eigenvalue weighted by Gasteiger charge is 2.17. The lowest BCUT2D eigenvalue weighted by Gasteiger charge is -2.07. The first kappa shape index (κ1) is 13.5. The van der Waals surface area contributed by atoms with Gasteiger partial charge in [0.25, 0.3) is 0 Å². The Bertz CT molecular complexity index is 842. The third kappa shape index (κ3) is 2.32. The molecule has 2 aromatic carbocycles. The van der Waals surface area contributed by atoms with Gasteiger partial charge in [-0.25, -0.2) is 4.98 Å². The fourth-order valence-corrected chi connectivity index (χ4v) is 2.53. The minimum atomic E-state index is -0.954. The Hall–Kier alpha value is -2.53. The summed E-state index contributed by atoms with van der Waals surface area (Å²) in [5, 5.41) is 9.65. The molecule has 0 aliphatic heterocycles. The molecule has 0 saturated heterocycles. The first-order valence-electron chi connectivity index (χ1n) is 6.29. The van der Waals surface area contributed by atoms with Crippen LogP contribution < -0.4 is 5.73 Å². The van der Waals surface area contributed by atoms with Crippen molar-refractivity contribution in [3.8, 4) is 11.4 Å². The van der Waals surface area contributed by atoms with Crippen molar-refractivity contribution in [3.05, 3.63) is 47.5 Å². The van der Waals surface area contributed by atoms with Crippen LogP contribution in [0, 0.1) is 0 Å². The van der Waals surface area contributed by atoms with Crippen molar-refractivity contribution in [2.45, 2.75) is 6.54 Å². The molecule has 106 valence electrons. The molecule has 0 aliphatic carbocycles. The molecule has 1 aromatic heterocycles. The molecular weight excluding hydrogens is 290 g/mol. The molecule has 0 aliphatic rings. The smallest absolute Gasteiger partial charge is 0.323 e. The Morgan fingerprint density at radius 2 is 2.00 bits per heavy atom. The van der Waals surface area contributed by atoms with Crippen LogP contribution >= 0.6 is 11.6 Å². The van der Waals surface area contributed by atoms with Crippen molar-refractivity contribution in [2.75, 3.05) is 5.73 Å². The Balaban J connectivity index is 2.33. The van der Waals surface area contributed by atoms with Gasteiger partial charge in [-0.15, -0.1) is 0 Å². The predicted octanol–water partition coefficient (Wildman–Crippen LogP) is 3.02. The van der Waals surface area contributed by atoms with Crippen LogP contribution in [0.4, 0.5) is 5.69 Å². The summed E-state index contributed by atoms with van der Waals surface area (Å²) in [6, 6.07) is 12.5. The average molecular weight is 302 g/mol. The molecule has 0 atom stereocenters. The molecule has 0 bridgehead atoms. The fourth-order valence-electron chi connectivity index (χ4n) is 2.31. The van der Waals surface area contributed by atoms with Crippen LogP contribution in [0.5, 0.6) is 0 Å². The van der Waals surface area contributed by atoms with Crippen LogP contribution in [0.1, 0.15) is 0 Å². The summed E-state index contributed by atoms with van der Waals surface area (Å²) in [5.41, 5.74) is 8.36. The van der Waals surface area contributed by atoms with Gasteiger partial charge in [0.15, 0.2) is 0 Å². The van der Waals surface area contributed by atoms with Crippen molar-refractivity contribution in [3.63, 3.8) is 0 Å². The van der Waals surface area contributed by atoms with Crippen LogP contribution in [0.25, 0.3) is 22.4 Å². The van der Waals surface area contributed by atoms with E-state index in [4.69, 9.17) is 22.4 Å². The number of imidazole rings is 1. The number of rotatable bonds is 3. The van der Waals surface area contributed by atoms with E-state index in [0.29, 0.717) is 33.1 Å². The zero-order valence-electron chi connectivity index (χ0n) is 11.0. The molecule has 3 aromatic rings. The Kier molecular flexibility index (Phi) is 3.27. The van der Waals surface area contributed by atoms with Gasteiger partial charge in [0.1, 0.15) is 17.9 Å². The van der Waals surface area contributed by atoms with Crippen molar-refractivity contribution < 1.29 is 9.90 Å². The van der Waals surface area contributed by atoms with E-state index in [2.05, 4.69) is 4.98 Å². The molecule has 6 heteroatoms. The highest BCUT2D eigenvalue weighted by Crippen LogP contribution is 2.31. The first-order valence-corrected chi connectivity index (χ1v) is 6.67. The number of halogens is 1. The molecule has 21 heavy (non-hydrogen) atoms. The number of carboxylic acid groups (broad SMARTS) is 1. The van der Waals surface area contributed by atoms with Gasteiger partial charge >= 0.3 is 5.97 Å². The van der Waals surface area contributed by atoms with Gasteiger partial charge in [-0.2, -0.15) is 0 Å². The number of nitrogens with zero attached hydrogens (tertiary/aromatic N) is 2. The topological polar surface area (TPSA) is 81.1 Å². The highest BCUT2D eigenvalue weighted by atomic mass is 35.5. The van der Waals surface area contributed by atoms with Crippen molar-refractivity contribution in [1.82, 2.24) is 9.55 Å². The van der Waals surface area contributed by atoms with Crippen LogP contribution in [0.15, 0.2) is 42.5 Å². The Labute approximate surface area is 125 Å². The van der Waals surface area contributed by atoms with E-state index in [1.807, 2.05) is 12.1 Å². The van der Waals surface area contributed by atoms with E-state index in [0.717, 1.165) is 0 Å². The number of anilines is 1. The van der Waals surface area contributed by atoms with E-state index in [1.54, 1.807) is 34.9 Å². The minimum absolute atomic E-state index is 0.208. The van der Waals surface area contributed by atoms with Crippen molar-refractivity contribution >= 4 is 34.3 Å². The van der Waals surface area contributed by atoms with E-state index < -0.39 is 5.97 Å². The largest absolute Gasteiger partial charge is 0.480 e. The molecule has 0 spiro atoms. The van der Waals surface area contributed by atoms with E-state index in [1.165, 1.54) is 0 Å². The summed E-state index contributed by atoms with van der Waals surface area (Å²) in [7, 11) is 0. The molecule has 1 heterocycles. The number of aliphatic carboxylic acids is 1. The van der Waals surface area contributed by atoms with E-state index in [9.17, 15) is 4.79 Å². The molecule has 5 nitrogen and oxygen atoms in total. The summed E-state index contributed by atoms with van der Waals surface area (Å²) in [6.07, 6.45) is 0. The SMILES string of the molecule is Nc1cccc2c1nc(-c1ccccc1Cl)n2CC(=O)O. The van der Waals surface area contributed by atoms with Crippen LogP contribution in [-0.4, -0.2) is 20.6 Å². The van der Waals surface area contributed by atoms with Crippen LogP contribution in [0.2, 0.25) is 5.02 Å². The first-order chi connectivity index (χ1) is 10.1. The Morgan fingerprint density at radius 3 is 2.71 bits per heavy atom. The second-order valence-electron chi connectivity index (χ2n) is 4.61. The number of nitrogen functional groups attached to an aromatic ring is 1. The molecule has 0 fully saturated rings. The fraction of sp³-hybridized carbons (Fsp3) is 0.0667. The molecule has 0 saturated carbocycles. The van der Waals surface area contributed by atoms with Gasteiger partial charge in [-0.05, 0) is 24.3 Å².